The number of nitrogens with zero attached hydrogens (tertiary/aromatic N) is 3. The van der Waals surface area contributed by atoms with Crippen LogP contribution in [-0.2, 0) is 20.4 Å². The summed E-state index contributed by atoms with van der Waals surface area (Å²) in [6, 6.07) is 4.46. The maximum absolute atomic E-state index is 12.8. The zero-order valence-corrected chi connectivity index (χ0v) is 14.6. The Balaban J connectivity index is 2.06. The van der Waals surface area contributed by atoms with E-state index in [1.54, 1.807) is 6.07 Å². The van der Waals surface area contributed by atoms with Crippen molar-refractivity contribution in [2.75, 3.05) is 7.11 Å². The number of ether oxygens (including phenoxy) is 1. The Morgan fingerprint density at radius 3 is 2.48 bits per heavy atom. The number of carbonyl (C=O) groups excluding carboxylic acids is 1. The molecule has 0 amide bonds. The number of fused-ring (bicyclic) bond motifs is 6. The Morgan fingerprint density at radius 2 is 1.84 bits per heavy atom. The third-order valence-corrected chi connectivity index (χ3v) is 6.77. The predicted octanol–water partition coefficient (Wildman–Crippen LogP) is 3.04. The van der Waals surface area contributed by atoms with Gasteiger partial charge in [0.1, 0.15) is 5.41 Å². The minimum absolute atomic E-state index is 0.0394. The van der Waals surface area contributed by atoms with Crippen molar-refractivity contribution in [1.29, 1.82) is 0 Å². The van der Waals surface area contributed by atoms with Gasteiger partial charge in [-0.05, 0) is 24.3 Å². The molecule has 4 rings (SSSR count). The molecule has 0 saturated heterocycles. The number of nitro benzene ring substituents is 1. The van der Waals surface area contributed by atoms with Gasteiger partial charge in [-0.3, -0.25) is 14.9 Å². The number of carbonyl (C=O) groups is 1. The predicted molar refractivity (Wildman–Crippen MR) is 90.3 cm³/mol. The van der Waals surface area contributed by atoms with E-state index in [1.807, 2.05) is 0 Å². The van der Waals surface area contributed by atoms with Crippen molar-refractivity contribution in [1.82, 2.24) is 9.97 Å². The number of non-ortho nitro benzene ring substituents is 1. The highest BCUT2D eigenvalue weighted by atomic mass is 16.6. The summed E-state index contributed by atoms with van der Waals surface area (Å²) in [5, 5.41) is 11.1. The topological polar surface area (TPSA) is 95.2 Å². The largest absolute Gasteiger partial charge is 0.468 e. The molecule has 7 heteroatoms. The molecule has 0 spiro atoms. The van der Waals surface area contributed by atoms with E-state index < -0.39 is 15.8 Å². The molecule has 1 fully saturated rings. The summed E-state index contributed by atoms with van der Waals surface area (Å²) in [7, 11) is 1.39. The van der Waals surface area contributed by atoms with E-state index >= 15 is 0 Å². The fourth-order valence-electron chi connectivity index (χ4n) is 4.83. The van der Waals surface area contributed by atoms with Crippen LogP contribution in [-0.4, -0.2) is 28.0 Å². The standard InChI is InChI=1S/C18H19N3O4/c1-16(2)17(3)7-8-18(16,15(22)25-4)14-13(17)19-11-6-5-10(21(23)24)9-12(11)20-14/h5-6,9H,7-8H2,1-4H3. The second-order valence-electron chi connectivity index (χ2n) is 7.70. The van der Waals surface area contributed by atoms with Crippen molar-refractivity contribution in [3.05, 3.63) is 39.7 Å². The van der Waals surface area contributed by atoms with Crippen LogP contribution in [0.4, 0.5) is 5.69 Å². The van der Waals surface area contributed by atoms with Crippen LogP contribution in [0, 0.1) is 15.5 Å². The second-order valence-corrected chi connectivity index (χ2v) is 7.70. The number of nitro groups is 1. The van der Waals surface area contributed by atoms with Crippen LogP contribution >= 0.6 is 0 Å². The van der Waals surface area contributed by atoms with Crippen molar-refractivity contribution in [3.63, 3.8) is 0 Å². The molecule has 2 aromatic rings. The molecule has 2 aliphatic carbocycles. The molecule has 7 nitrogen and oxygen atoms in total. The van der Waals surface area contributed by atoms with E-state index in [0.717, 1.165) is 12.1 Å². The summed E-state index contributed by atoms with van der Waals surface area (Å²) < 4.78 is 5.15. The molecule has 1 heterocycles. The maximum Gasteiger partial charge on any atom is 0.318 e. The van der Waals surface area contributed by atoms with Crippen LogP contribution in [0.1, 0.15) is 45.0 Å². The fraction of sp³-hybridized carbons (Fsp3) is 0.500. The Kier molecular flexibility index (Phi) is 2.89. The minimum Gasteiger partial charge on any atom is -0.468 e. The lowest BCUT2D eigenvalue weighted by molar-refractivity contribution is -0.384. The van der Waals surface area contributed by atoms with Gasteiger partial charge in [0, 0.05) is 17.5 Å². The number of aromatic nitrogens is 2. The molecule has 2 aliphatic rings. The number of benzene rings is 1. The van der Waals surface area contributed by atoms with Crippen LogP contribution in [0.25, 0.3) is 11.0 Å². The fourth-order valence-corrected chi connectivity index (χ4v) is 4.83. The van der Waals surface area contributed by atoms with Gasteiger partial charge in [-0.2, -0.15) is 0 Å². The average molecular weight is 341 g/mol. The lowest BCUT2D eigenvalue weighted by Crippen LogP contribution is -2.46. The van der Waals surface area contributed by atoms with Crippen molar-refractivity contribution in [3.8, 4) is 0 Å². The summed E-state index contributed by atoms with van der Waals surface area (Å²) in [6.45, 7) is 6.25. The molecule has 25 heavy (non-hydrogen) atoms. The first-order valence-corrected chi connectivity index (χ1v) is 8.24. The molecule has 0 radical (unpaired) electrons. The first kappa shape index (κ1) is 15.9. The highest BCUT2D eigenvalue weighted by Crippen LogP contribution is 2.70. The number of hydrogen-bond donors (Lipinski definition) is 0. The van der Waals surface area contributed by atoms with Gasteiger partial charge >= 0.3 is 5.97 Å². The third-order valence-electron chi connectivity index (χ3n) is 6.77. The van der Waals surface area contributed by atoms with Gasteiger partial charge in [-0.25, -0.2) is 9.97 Å². The number of rotatable bonds is 2. The van der Waals surface area contributed by atoms with Crippen LogP contribution in [0.3, 0.4) is 0 Å². The second kappa shape index (κ2) is 4.53. The third kappa shape index (κ3) is 1.59. The van der Waals surface area contributed by atoms with Gasteiger partial charge in [0.25, 0.3) is 5.69 Å². The van der Waals surface area contributed by atoms with Gasteiger partial charge in [0.2, 0.25) is 0 Å². The molecule has 0 N–H and O–H groups in total. The van der Waals surface area contributed by atoms with Gasteiger partial charge < -0.3 is 4.74 Å². The molecule has 2 bridgehead atoms. The molecule has 1 saturated carbocycles. The lowest BCUT2D eigenvalue weighted by Gasteiger charge is -2.38. The maximum atomic E-state index is 12.8. The summed E-state index contributed by atoms with van der Waals surface area (Å²) in [5.41, 5.74) is 0.872. The highest BCUT2D eigenvalue weighted by Gasteiger charge is 2.73. The molecule has 0 aliphatic heterocycles. The zero-order chi connectivity index (χ0) is 18.2. The minimum atomic E-state index is -0.863. The summed E-state index contributed by atoms with van der Waals surface area (Å²) in [6.07, 6.45) is 1.47. The van der Waals surface area contributed by atoms with E-state index in [1.165, 1.54) is 19.2 Å². The summed E-state index contributed by atoms with van der Waals surface area (Å²) >= 11 is 0. The van der Waals surface area contributed by atoms with Gasteiger partial charge in [-0.1, -0.05) is 20.8 Å². The van der Waals surface area contributed by atoms with Crippen molar-refractivity contribution < 1.29 is 14.5 Å². The van der Waals surface area contributed by atoms with E-state index in [2.05, 4.69) is 20.8 Å². The normalized spacial score (nSPS) is 28.8. The van der Waals surface area contributed by atoms with E-state index in [-0.39, 0.29) is 17.1 Å². The Bertz CT molecular complexity index is 955. The SMILES string of the molecule is COC(=O)C12CCC(C)(c3nc4ccc([N+](=O)[O-])cc4nc31)C2(C)C. The first-order chi connectivity index (χ1) is 11.7. The van der Waals surface area contributed by atoms with Crippen molar-refractivity contribution in [2.45, 2.75) is 44.4 Å². The van der Waals surface area contributed by atoms with E-state index in [9.17, 15) is 14.9 Å². The molecule has 2 unspecified atom stereocenters. The smallest absolute Gasteiger partial charge is 0.318 e. The Hall–Kier alpha value is -2.57. The monoisotopic (exact) mass is 341 g/mol. The van der Waals surface area contributed by atoms with Crippen LogP contribution < -0.4 is 0 Å². The Labute approximate surface area is 144 Å². The summed E-state index contributed by atoms with van der Waals surface area (Å²) in [5.74, 6) is -0.306. The van der Waals surface area contributed by atoms with Crippen molar-refractivity contribution in [2.24, 2.45) is 5.41 Å². The molecular weight excluding hydrogens is 322 g/mol. The van der Waals surface area contributed by atoms with Crippen molar-refractivity contribution >= 4 is 22.7 Å². The van der Waals surface area contributed by atoms with E-state index in [4.69, 9.17) is 14.7 Å². The van der Waals surface area contributed by atoms with Gasteiger partial charge in [0.05, 0.1) is 34.5 Å². The highest BCUT2D eigenvalue weighted by molar-refractivity contribution is 5.89. The number of hydrogen-bond acceptors (Lipinski definition) is 6. The summed E-state index contributed by atoms with van der Waals surface area (Å²) in [4.78, 5) is 32.9. The number of esters is 1. The molecule has 1 aromatic carbocycles. The van der Waals surface area contributed by atoms with Crippen LogP contribution in [0.2, 0.25) is 0 Å². The van der Waals surface area contributed by atoms with Crippen LogP contribution in [0.15, 0.2) is 18.2 Å². The van der Waals surface area contributed by atoms with Gasteiger partial charge in [0.15, 0.2) is 0 Å². The molecule has 2 atom stereocenters. The van der Waals surface area contributed by atoms with Gasteiger partial charge in [-0.15, -0.1) is 0 Å². The molecule has 1 aromatic heterocycles. The lowest BCUT2D eigenvalue weighted by atomic mass is 9.64. The Morgan fingerprint density at radius 1 is 1.16 bits per heavy atom. The quantitative estimate of drug-likeness (QED) is 0.473. The number of methoxy groups -OCH3 is 1. The molecular formula is C18H19N3O4. The average Bonchev–Trinajstić information content (AvgIpc) is 2.88. The first-order valence-electron chi connectivity index (χ1n) is 8.24. The molecule has 130 valence electrons. The zero-order valence-electron chi connectivity index (χ0n) is 14.6. The van der Waals surface area contributed by atoms with Crippen LogP contribution in [0.5, 0.6) is 0 Å². The van der Waals surface area contributed by atoms with E-state index in [0.29, 0.717) is 23.1 Å².